The maximum atomic E-state index is 11.9. The Labute approximate surface area is 157 Å². The van der Waals surface area contributed by atoms with E-state index in [9.17, 15) is 4.79 Å². The molecule has 0 saturated carbocycles. The van der Waals surface area contributed by atoms with E-state index in [1.807, 2.05) is 27.8 Å². The molecule has 1 amide bonds. The molecule has 1 aliphatic heterocycles. The van der Waals surface area contributed by atoms with Gasteiger partial charge in [0, 0.05) is 57.4 Å². The lowest BCUT2D eigenvalue weighted by molar-refractivity contribution is -0.128. The van der Waals surface area contributed by atoms with Gasteiger partial charge in [-0.3, -0.25) is 9.79 Å². The van der Waals surface area contributed by atoms with Gasteiger partial charge in [0.25, 0.3) is 0 Å². The number of amides is 1. The molecule has 0 aromatic heterocycles. The molecule has 1 aliphatic rings. The number of aliphatic imine (C=N–C) groups is 1. The van der Waals surface area contributed by atoms with Crippen LogP contribution in [0.25, 0.3) is 0 Å². The van der Waals surface area contributed by atoms with Crippen molar-refractivity contribution in [2.24, 2.45) is 10.4 Å². The van der Waals surface area contributed by atoms with Gasteiger partial charge in [0.2, 0.25) is 5.91 Å². The first kappa shape index (κ1) is 20.1. The van der Waals surface area contributed by atoms with Gasteiger partial charge in [0.05, 0.1) is 0 Å². The number of nitrogens with one attached hydrogen (secondary N) is 2. The summed E-state index contributed by atoms with van der Waals surface area (Å²) in [6.45, 7) is 13.0. The van der Waals surface area contributed by atoms with Crippen LogP contribution in [0.3, 0.4) is 0 Å². The zero-order valence-electron chi connectivity index (χ0n) is 16.8. The van der Waals surface area contributed by atoms with E-state index in [4.69, 9.17) is 0 Å². The molecule has 1 aromatic carbocycles. The van der Waals surface area contributed by atoms with Crippen LogP contribution in [-0.4, -0.2) is 63.1 Å². The SMILES string of the molecule is CN=C(NCCNC(=O)C(C)(C)C)N1CCN(c2cccc(C)c2)CC1. The summed E-state index contributed by atoms with van der Waals surface area (Å²) in [5, 5.41) is 6.31. The summed E-state index contributed by atoms with van der Waals surface area (Å²) in [6, 6.07) is 8.65. The Morgan fingerprint density at radius 2 is 1.77 bits per heavy atom. The van der Waals surface area contributed by atoms with Gasteiger partial charge < -0.3 is 20.4 Å². The van der Waals surface area contributed by atoms with Crippen LogP contribution < -0.4 is 15.5 Å². The van der Waals surface area contributed by atoms with E-state index in [2.05, 4.69) is 56.6 Å². The zero-order chi connectivity index (χ0) is 19.2. The Kier molecular flexibility index (Phi) is 6.89. The van der Waals surface area contributed by atoms with Crippen molar-refractivity contribution in [3.05, 3.63) is 29.8 Å². The lowest BCUT2D eigenvalue weighted by Crippen LogP contribution is -2.53. The van der Waals surface area contributed by atoms with Crippen LogP contribution in [0.15, 0.2) is 29.3 Å². The number of nitrogens with zero attached hydrogens (tertiary/aromatic N) is 3. The number of piperazine rings is 1. The highest BCUT2D eigenvalue weighted by Gasteiger charge is 2.21. The molecule has 144 valence electrons. The first-order chi connectivity index (χ1) is 12.3. The zero-order valence-corrected chi connectivity index (χ0v) is 16.8. The third-order valence-corrected chi connectivity index (χ3v) is 4.53. The summed E-state index contributed by atoms with van der Waals surface area (Å²) < 4.78 is 0. The molecular formula is C20H33N5O. The van der Waals surface area contributed by atoms with Crippen LogP contribution in [0.2, 0.25) is 0 Å². The highest BCUT2D eigenvalue weighted by atomic mass is 16.2. The van der Waals surface area contributed by atoms with Crippen LogP contribution in [0.4, 0.5) is 5.69 Å². The number of guanidine groups is 1. The number of carbonyl (C=O) groups excluding carboxylic acids is 1. The molecule has 0 radical (unpaired) electrons. The number of aryl methyl sites for hydroxylation is 1. The number of carbonyl (C=O) groups is 1. The summed E-state index contributed by atoms with van der Waals surface area (Å²) in [5.74, 6) is 0.972. The molecular weight excluding hydrogens is 326 g/mol. The van der Waals surface area contributed by atoms with Gasteiger partial charge in [-0.2, -0.15) is 0 Å². The van der Waals surface area contributed by atoms with Crippen molar-refractivity contribution in [2.45, 2.75) is 27.7 Å². The summed E-state index contributed by atoms with van der Waals surface area (Å²) in [7, 11) is 1.81. The van der Waals surface area contributed by atoms with E-state index in [1.54, 1.807) is 0 Å². The predicted octanol–water partition coefficient (Wildman–Crippen LogP) is 1.85. The van der Waals surface area contributed by atoms with E-state index in [-0.39, 0.29) is 11.3 Å². The van der Waals surface area contributed by atoms with Crippen molar-refractivity contribution >= 4 is 17.6 Å². The van der Waals surface area contributed by atoms with Gasteiger partial charge in [-0.05, 0) is 24.6 Å². The molecule has 26 heavy (non-hydrogen) atoms. The quantitative estimate of drug-likeness (QED) is 0.489. The summed E-state index contributed by atoms with van der Waals surface area (Å²) in [5.41, 5.74) is 2.23. The molecule has 1 heterocycles. The molecule has 1 saturated heterocycles. The molecule has 0 atom stereocenters. The molecule has 0 bridgehead atoms. The van der Waals surface area contributed by atoms with Crippen LogP contribution >= 0.6 is 0 Å². The topological polar surface area (TPSA) is 60.0 Å². The van der Waals surface area contributed by atoms with Gasteiger partial charge in [-0.25, -0.2) is 0 Å². The first-order valence-corrected chi connectivity index (χ1v) is 9.37. The normalized spacial score (nSPS) is 15.8. The Balaban J connectivity index is 1.77. The van der Waals surface area contributed by atoms with Crippen molar-refractivity contribution in [1.29, 1.82) is 0 Å². The van der Waals surface area contributed by atoms with E-state index in [1.165, 1.54) is 11.3 Å². The largest absolute Gasteiger partial charge is 0.368 e. The third kappa shape index (κ3) is 5.64. The molecule has 1 aromatic rings. The highest BCUT2D eigenvalue weighted by molar-refractivity contribution is 5.82. The average Bonchev–Trinajstić information content (AvgIpc) is 2.61. The van der Waals surface area contributed by atoms with Gasteiger partial charge in [-0.1, -0.05) is 32.9 Å². The maximum absolute atomic E-state index is 11.9. The second-order valence-electron chi connectivity index (χ2n) is 7.79. The first-order valence-electron chi connectivity index (χ1n) is 9.37. The fraction of sp³-hybridized carbons (Fsp3) is 0.600. The average molecular weight is 360 g/mol. The minimum atomic E-state index is -0.353. The van der Waals surface area contributed by atoms with Crippen molar-refractivity contribution < 1.29 is 4.79 Å². The predicted molar refractivity (Wildman–Crippen MR) is 109 cm³/mol. The van der Waals surface area contributed by atoms with Gasteiger partial charge in [0.1, 0.15) is 0 Å². The molecule has 6 heteroatoms. The van der Waals surface area contributed by atoms with E-state index < -0.39 is 0 Å². The van der Waals surface area contributed by atoms with Crippen LogP contribution in [0.5, 0.6) is 0 Å². The van der Waals surface area contributed by atoms with Crippen LogP contribution in [0.1, 0.15) is 26.3 Å². The molecule has 2 rings (SSSR count). The number of hydrogen-bond acceptors (Lipinski definition) is 3. The van der Waals surface area contributed by atoms with Crippen molar-refractivity contribution in [3.8, 4) is 0 Å². The number of anilines is 1. The van der Waals surface area contributed by atoms with Crippen molar-refractivity contribution in [3.63, 3.8) is 0 Å². The van der Waals surface area contributed by atoms with E-state index >= 15 is 0 Å². The maximum Gasteiger partial charge on any atom is 0.225 e. The fourth-order valence-corrected chi connectivity index (χ4v) is 2.95. The molecule has 0 spiro atoms. The van der Waals surface area contributed by atoms with Crippen LogP contribution in [0, 0.1) is 12.3 Å². The Morgan fingerprint density at radius 1 is 1.12 bits per heavy atom. The van der Waals surface area contributed by atoms with Gasteiger partial charge in [0.15, 0.2) is 5.96 Å². The minimum absolute atomic E-state index is 0.0704. The molecule has 6 nitrogen and oxygen atoms in total. The highest BCUT2D eigenvalue weighted by Crippen LogP contribution is 2.17. The molecule has 2 N–H and O–H groups in total. The molecule has 0 aliphatic carbocycles. The monoisotopic (exact) mass is 359 g/mol. The summed E-state index contributed by atoms with van der Waals surface area (Å²) in [6.07, 6.45) is 0. The van der Waals surface area contributed by atoms with Crippen LogP contribution in [-0.2, 0) is 4.79 Å². The fourth-order valence-electron chi connectivity index (χ4n) is 2.95. The lowest BCUT2D eigenvalue weighted by Gasteiger charge is -2.37. The third-order valence-electron chi connectivity index (χ3n) is 4.53. The number of hydrogen-bond donors (Lipinski definition) is 2. The van der Waals surface area contributed by atoms with Crippen molar-refractivity contribution in [2.75, 3.05) is 51.2 Å². The van der Waals surface area contributed by atoms with Crippen molar-refractivity contribution in [1.82, 2.24) is 15.5 Å². The summed E-state index contributed by atoms with van der Waals surface area (Å²) in [4.78, 5) is 21.0. The lowest BCUT2D eigenvalue weighted by atomic mass is 9.96. The standard InChI is InChI=1S/C20H33N5O/c1-16-7-6-8-17(15-16)24-11-13-25(14-12-24)19(21-5)23-10-9-22-18(26)20(2,3)4/h6-8,15H,9-14H2,1-5H3,(H,21,23)(H,22,26). The van der Waals surface area contributed by atoms with E-state index in [0.29, 0.717) is 13.1 Å². The second-order valence-corrected chi connectivity index (χ2v) is 7.79. The smallest absolute Gasteiger partial charge is 0.225 e. The Hall–Kier alpha value is -2.24. The van der Waals surface area contributed by atoms with Gasteiger partial charge in [-0.15, -0.1) is 0 Å². The number of rotatable bonds is 4. The Morgan fingerprint density at radius 3 is 2.35 bits per heavy atom. The minimum Gasteiger partial charge on any atom is -0.368 e. The van der Waals surface area contributed by atoms with Gasteiger partial charge >= 0.3 is 0 Å². The second kappa shape index (κ2) is 8.92. The Bertz CT molecular complexity index is 627. The molecule has 0 unspecified atom stereocenters. The summed E-state index contributed by atoms with van der Waals surface area (Å²) >= 11 is 0. The van der Waals surface area contributed by atoms with E-state index in [0.717, 1.165) is 32.1 Å². The molecule has 1 fully saturated rings. The number of benzene rings is 1.